The van der Waals surface area contributed by atoms with Gasteiger partial charge in [0, 0.05) is 18.5 Å². The molecule has 0 aliphatic rings. The van der Waals surface area contributed by atoms with Crippen LogP contribution in [0.3, 0.4) is 0 Å². The van der Waals surface area contributed by atoms with Crippen molar-refractivity contribution in [3.05, 3.63) is 56.6 Å². The van der Waals surface area contributed by atoms with E-state index in [0.29, 0.717) is 10.4 Å². The lowest BCUT2D eigenvalue weighted by atomic mass is 10.1. The maximum Gasteiger partial charge on any atom is 0.397 e. The van der Waals surface area contributed by atoms with Crippen LogP contribution in [0.4, 0.5) is 28.4 Å². The lowest BCUT2D eigenvalue weighted by Crippen LogP contribution is -2.31. The maximum absolute atomic E-state index is 12.6. The molecule has 0 saturated carbocycles. The quantitative estimate of drug-likeness (QED) is 0.0899. The normalized spacial score (nSPS) is 12.9. The number of hydrogen-bond donors (Lipinski definition) is 4. The monoisotopic (exact) mass is 715 g/mol. The molecule has 0 aromatic heterocycles. The van der Waals surface area contributed by atoms with Crippen molar-refractivity contribution in [1.82, 2.24) is 0 Å². The van der Waals surface area contributed by atoms with Crippen LogP contribution in [0, 0.1) is 20.2 Å². The largest absolute Gasteiger partial charge is 0.505 e. The van der Waals surface area contributed by atoms with Crippen molar-refractivity contribution in [3.8, 4) is 5.75 Å². The van der Waals surface area contributed by atoms with Crippen LogP contribution >= 0.6 is 0 Å². The van der Waals surface area contributed by atoms with E-state index in [1.807, 2.05) is 0 Å². The van der Waals surface area contributed by atoms with Crippen molar-refractivity contribution in [2.24, 2.45) is 10.2 Å². The molecule has 0 unspecified atom stereocenters. The number of fused-ring (bicyclic) bond motifs is 1. The lowest BCUT2D eigenvalue weighted by molar-refractivity contribution is -0.394. The summed E-state index contributed by atoms with van der Waals surface area (Å²) in [5, 5.41) is 39.5. The number of aromatic hydroxyl groups is 1. The third kappa shape index (κ3) is 7.99. The van der Waals surface area contributed by atoms with Gasteiger partial charge in [-0.15, -0.1) is 10.2 Å². The van der Waals surface area contributed by atoms with E-state index in [1.165, 1.54) is 0 Å². The predicted molar refractivity (Wildman–Crippen MR) is 149 cm³/mol. The first kappa shape index (κ1) is 35.0. The van der Waals surface area contributed by atoms with Gasteiger partial charge in [-0.1, -0.05) is 0 Å². The number of nitro benzene ring substituents is 2. The van der Waals surface area contributed by atoms with Gasteiger partial charge < -0.3 is 5.11 Å². The fourth-order valence-corrected chi connectivity index (χ4v) is 6.31. The highest BCUT2D eigenvalue weighted by Crippen LogP contribution is 2.44. The molecule has 0 atom stereocenters. The number of anilines is 1. The Morgan fingerprint density at radius 2 is 1.38 bits per heavy atom. The number of phenols is 1. The molecule has 0 bridgehead atoms. The molecule has 3 aromatic rings. The molecule has 22 nitrogen and oxygen atoms in total. The summed E-state index contributed by atoms with van der Waals surface area (Å²) >= 11 is 0. The molecule has 3 rings (SSSR count). The summed E-state index contributed by atoms with van der Waals surface area (Å²) in [7, 11) is -19.1. The Balaban J connectivity index is 2.23. The summed E-state index contributed by atoms with van der Waals surface area (Å²) in [5.41, 5.74) is -5.20. The van der Waals surface area contributed by atoms with E-state index in [-0.39, 0.29) is 28.6 Å². The smallest absolute Gasteiger partial charge is 0.397 e. The number of hydrogen-bond acceptors (Lipinski definition) is 16. The van der Waals surface area contributed by atoms with Gasteiger partial charge in [0.05, 0.1) is 34.0 Å². The standard InChI is InChI=1S/C19H17N5O17S4/c1-22(42(30,31)5-4-41-45(38,39)40)11-2-3-13-10(6-11)7-15(43(32,33)34)18(19(13)25)21-20-17-14(24(28)29)8-12(23(26)27)9-16(17)44(35,36)37/h2-3,6-9,25H,4-5H2,1H3,(H,32,33,34)(H,35,36,37)(H,38,39,40)/b21-20+. The summed E-state index contributed by atoms with van der Waals surface area (Å²) in [5.74, 6) is -2.05. The van der Waals surface area contributed by atoms with E-state index in [0.717, 1.165) is 25.2 Å². The summed E-state index contributed by atoms with van der Waals surface area (Å²) in [6.07, 6.45) is 0. The van der Waals surface area contributed by atoms with Crippen LogP contribution in [0.5, 0.6) is 5.75 Å². The Bertz CT molecular complexity index is 2220. The van der Waals surface area contributed by atoms with Crippen molar-refractivity contribution in [2.75, 3.05) is 23.7 Å². The first-order chi connectivity index (χ1) is 20.4. The maximum atomic E-state index is 12.6. The zero-order valence-corrected chi connectivity index (χ0v) is 25.1. The summed E-state index contributed by atoms with van der Waals surface area (Å²) in [4.78, 5) is 17.4. The Labute approximate surface area is 252 Å². The van der Waals surface area contributed by atoms with Gasteiger partial charge in [-0.2, -0.15) is 25.3 Å². The molecule has 4 N–H and O–H groups in total. The molecule has 0 fully saturated rings. The van der Waals surface area contributed by atoms with Gasteiger partial charge >= 0.3 is 16.1 Å². The number of benzene rings is 3. The zero-order chi connectivity index (χ0) is 34.3. The van der Waals surface area contributed by atoms with Crippen LogP contribution in [0.15, 0.2) is 56.4 Å². The van der Waals surface area contributed by atoms with Crippen molar-refractivity contribution in [3.63, 3.8) is 0 Å². The Morgan fingerprint density at radius 1 is 0.822 bits per heavy atom. The number of azo groups is 1. The molecule has 0 amide bonds. The van der Waals surface area contributed by atoms with Crippen molar-refractivity contribution >= 4 is 79.9 Å². The first-order valence-corrected chi connectivity index (χ1v) is 17.0. The van der Waals surface area contributed by atoms with E-state index in [9.17, 15) is 68.1 Å². The van der Waals surface area contributed by atoms with Gasteiger partial charge in [0.1, 0.15) is 15.5 Å². The van der Waals surface area contributed by atoms with E-state index in [4.69, 9.17) is 4.55 Å². The summed E-state index contributed by atoms with van der Waals surface area (Å²) in [6, 6.07) is 4.18. The molecule has 3 aromatic carbocycles. The van der Waals surface area contributed by atoms with Crippen molar-refractivity contribution in [1.29, 1.82) is 0 Å². The number of rotatable bonds is 12. The number of nitrogens with zero attached hydrogens (tertiary/aromatic N) is 5. The molecular weight excluding hydrogens is 698 g/mol. The SMILES string of the molecule is CN(c1ccc2c(O)c(/N=N/c3c([N+](=O)[O-])cc([N+](=O)[O-])cc3S(=O)(=O)O)c(S(=O)(=O)O)cc2c1)S(=O)(=O)CCOS(=O)(=O)O. The summed E-state index contributed by atoms with van der Waals surface area (Å²) < 4.78 is 127. The average molecular weight is 716 g/mol. The van der Waals surface area contributed by atoms with Crippen molar-refractivity contribution < 1.29 is 66.5 Å². The topological polar surface area (TPSA) is 341 Å². The van der Waals surface area contributed by atoms with E-state index < -0.39 is 101 Å². The third-order valence-electron chi connectivity index (χ3n) is 5.64. The molecule has 0 spiro atoms. The second-order valence-corrected chi connectivity index (χ2v) is 14.5. The zero-order valence-electron chi connectivity index (χ0n) is 21.8. The number of nitro groups is 2. The minimum Gasteiger partial charge on any atom is -0.505 e. The molecule has 0 heterocycles. The fraction of sp³-hybridized carbons (Fsp3) is 0.158. The van der Waals surface area contributed by atoms with E-state index in [2.05, 4.69) is 14.4 Å². The average Bonchev–Trinajstić information content (AvgIpc) is 2.89. The van der Waals surface area contributed by atoms with Gasteiger partial charge in [0.2, 0.25) is 10.0 Å². The Morgan fingerprint density at radius 3 is 1.89 bits per heavy atom. The predicted octanol–water partition coefficient (Wildman–Crippen LogP) is 1.86. The van der Waals surface area contributed by atoms with Crippen LogP contribution in [-0.2, 0) is 44.8 Å². The second kappa shape index (κ2) is 12.2. The van der Waals surface area contributed by atoms with Crippen LogP contribution in [0.25, 0.3) is 10.8 Å². The van der Waals surface area contributed by atoms with Crippen LogP contribution in [0.1, 0.15) is 0 Å². The molecular formula is C19H17N5O17S4. The van der Waals surface area contributed by atoms with Gasteiger partial charge in [-0.3, -0.25) is 38.2 Å². The summed E-state index contributed by atoms with van der Waals surface area (Å²) in [6.45, 7) is -0.979. The fourth-order valence-electron chi connectivity index (χ4n) is 3.59. The van der Waals surface area contributed by atoms with Gasteiger partial charge in [0.25, 0.3) is 25.9 Å². The first-order valence-electron chi connectivity index (χ1n) is 11.2. The minimum atomic E-state index is -5.47. The van der Waals surface area contributed by atoms with Gasteiger partial charge in [-0.25, -0.2) is 12.6 Å². The molecule has 0 radical (unpaired) electrons. The number of non-ortho nitro benzene ring substituents is 1. The van der Waals surface area contributed by atoms with E-state index in [1.54, 1.807) is 0 Å². The highest BCUT2D eigenvalue weighted by Gasteiger charge is 2.31. The molecule has 0 aliphatic carbocycles. The second-order valence-electron chi connectivity index (χ2n) is 8.49. The molecule has 0 aliphatic heterocycles. The Kier molecular flexibility index (Phi) is 9.47. The van der Waals surface area contributed by atoms with E-state index >= 15 is 0 Å². The lowest BCUT2D eigenvalue weighted by Gasteiger charge is -2.20. The van der Waals surface area contributed by atoms with Crippen molar-refractivity contribution in [2.45, 2.75) is 9.79 Å². The highest BCUT2D eigenvalue weighted by molar-refractivity contribution is 7.92. The molecule has 0 saturated heterocycles. The third-order valence-corrected chi connectivity index (χ3v) is 9.57. The number of sulfonamides is 1. The molecule has 45 heavy (non-hydrogen) atoms. The Hall–Kier alpha value is -4.44. The van der Waals surface area contributed by atoms with Gasteiger partial charge in [-0.05, 0) is 29.7 Å². The van der Waals surface area contributed by atoms with Gasteiger partial charge in [0.15, 0.2) is 11.4 Å². The van der Waals surface area contributed by atoms with Crippen LogP contribution in [-0.4, -0.2) is 81.7 Å². The van der Waals surface area contributed by atoms with Crippen LogP contribution < -0.4 is 4.31 Å². The number of phenolic OH excluding ortho intramolecular Hbond substituents is 1. The van der Waals surface area contributed by atoms with Crippen LogP contribution in [0.2, 0.25) is 0 Å². The molecule has 244 valence electrons. The highest BCUT2D eigenvalue weighted by atomic mass is 32.3. The minimum absolute atomic E-state index is 0.196. The molecule has 26 heteroatoms.